The van der Waals surface area contributed by atoms with Crippen LogP contribution in [0.3, 0.4) is 0 Å². The van der Waals surface area contributed by atoms with E-state index in [2.05, 4.69) is 4.98 Å². The van der Waals surface area contributed by atoms with Crippen molar-refractivity contribution in [3.8, 4) is 0 Å². The lowest BCUT2D eigenvalue weighted by molar-refractivity contribution is 0.0992. The summed E-state index contributed by atoms with van der Waals surface area (Å²) in [7, 11) is 0. The topological polar surface area (TPSA) is 53.8 Å². The molecule has 63 valence electrons. The van der Waals surface area contributed by atoms with E-state index in [1.54, 1.807) is 24.4 Å². The average Bonchev–Trinajstić information content (AvgIpc) is 2.17. The van der Waals surface area contributed by atoms with E-state index >= 15 is 0 Å². The van der Waals surface area contributed by atoms with Crippen LogP contribution in [-0.2, 0) is 0 Å². The summed E-state index contributed by atoms with van der Waals surface area (Å²) < 4.78 is 0. The van der Waals surface area contributed by atoms with Crippen molar-refractivity contribution in [2.24, 2.45) is 0 Å². The SMILES string of the molecule is [NH]C(=O)c1ccc2cccnc2c1. The molecule has 2 rings (SSSR count). The number of aromatic nitrogens is 1. The fourth-order valence-corrected chi connectivity index (χ4v) is 1.21. The van der Waals surface area contributed by atoms with E-state index in [1.165, 1.54) is 0 Å². The molecule has 0 saturated carbocycles. The summed E-state index contributed by atoms with van der Waals surface area (Å²) in [5.41, 5.74) is 8.06. The number of pyridine rings is 1. The third-order valence-electron chi connectivity index (χ3n) is 1.87. The van der Waals surface area contributed by atoms with Crippen molar-refractivity contribution >= 4 is 16.8 Å². The highest BCUT2D eigenvalue weighted by atomic mass is 16.1. The molecule has 0 aliphatic rings. The van der Waals surface area contributed by atoms with Gasteiger partial charge in [-0.1, -0.05) is 12.1 Å². The average molecular weight is 171 g/mol. The van der Waals surface area contributed by atoms with E-state index in [9.17, 15) is 4.79 Å². The van der Waals surface area contributed by atoms with Crippen LogP contribution in [0.2, 0.25) is 0 Å². The van der Waals surface area contributed by atoms with Crippen LogP contribution < -0.4 is 5.73 Å². The fraction of sp³-hybridized carbons (Fsp3) is 0. The Morgan fingerprint density at radius 3 is 2.92 bits per heavy atom. The highest BCUT2D eigenvalue weighted by Gasteiger charge is 2.01. The zero-order chi connectivity index (χ0) is 9.26. The maximum absolute atomic E-state index is 10.7. The van der Waals surface area contributed by atoms with Crippen molar-refractivity contribution in [2.75, 3.05) is 0 Å². The summed E-state index contributed by atoms with van der Waals surface area (Å²) in [5.74, 6) is -0.674. The Hall–Kier alpha value is -1.90. The molecule has 1 radical (unpaired) electrons. The molecule has 1 amide bonds. The van der Waals surface area contributed by atoms with E-state index in [0.29, 0.717) is 5.56 Å². The van der Waals surface area contributed by atoms with Gasteiger partial charge < -0.3 is 0 Å². The van der Waals surface area contributed by atoms with Gasteiger partial charge in [0.15, 0.2) is 0 Å². The Labute approximate surface area is 75.2 Å². The van der Waals surface area contributed by atoms with Crippen molar-refractivity contribution in [1.82, 2.24) is 10.7 Å². The number of hydrogen-bond acceptors (Lipinski definition) is 2. The highest BCUT2D eigenvalue weighted by Crippen LogP contribution is 2.12. The first-order chi connectivity index (χ1) is 6.27. The molecule has 0 unspecified atom stereocenters. The summed E-state index contributed by atoms with van der Waals surface area (Å²) in [6.07, 6.45) is 1.67. The molecule has 3 nitrogen and oxygen atoms in total. The molecule has 0 saturated heterocycles. The molecule has 1 aromatic heterocycles. The van der Waals surface area contributed by atoms with Crippen molar-refractivity contribution in [1.29, 1.82) is 0 Å². The van der Waals surface area contributed by atoms with Gasteiger partial charge in [0, 0.05) is 17.1 Å². The number of amides is 1. The molecule has 0 bridgehead atoms. The first-order valence-electron chi connectivity index (χ1n) is 3.88. The van der Waals surface area contributed by atoms with Crippen LogP contribution in [0.15, 0.2) is 36.5 Å². The zero-order valence-corrected chi connectivity index (χ0v) is 6.82. The second kappa shape index (κ2) is 2.86. The lowest BCUT2D eigenvalue weighted by atomic mass is 10.1. The first-order valence-corrected chi connectivity index (χ1v) is 3.88. The van der Waals surface area contributed by atoms with E-state index in [0.717, 1.165) is 10.9 Å². The van der Waals surface area contributed by atoms with Gasteiger partial charge in [-0.2, -0.15) is 0 Å². The minimum absolute atomic E-state index is 0.381. The summed E-state index contributed by atoms with van der Waals surface area (Å²) in [6, 6.07) is 8.82. The van der Waals surface area contributed by atoms with Gasteiger partial charge in [0.05, 0.1) is 5.52 Å². The van der Waals surface area contributed by atoms with Crippen molar-refractivity contribution < 1.29 is 4.79 Å². The van der Waals surface area contributed by atoms with Gasteiger partial charge in [-0.3, -0.25) is 15.5 Å². The normalized spacial score (nSPS) is 10.2. The first kappa shape index (κ1) is 7.73. The van der Waals surface area contributed by atoms with Crippen LogP contribution in [0.5, 0.6) is 0 Å². The van der Waals surface area contributed by atoms with E-state index in [4.69, 9.17) is 5.73 Å². The van der Waals surface area contributed by atoms with E-state index < -0.39 is 5.91 Å². The monoisotopic (exact) mass is 171 g/mol. The second-order valence-electron chi connectivity index (χ2n) is 2.74. The van der Waals surface area contributed by atoms with Crippen molar-refractivity contribution in [3.05, 3.63) is 42.1 Å². The third kappa shape index (κ3) is 1.36. The Morgan fingerprint density at radius 2 is 2.15 bits per heavy atom. The van der Waals surface area contributed by atoms with Crippen LogP contribution in [0.4, 0.5) is 0 Å². The molecule has 0 fully saturated rings. The van der Waals surface area contributed by atoms with Gasteiger partial charge in [0.25, 0.3) is 5.91 Å². The summed E-state index contributed by atoms with van der Waals surface area (Å²) >= 11 is 0. The second-order valence-corrected chi connectivity index (χ2v) is 2.74. The fourth-order valence-electron chi connectivity index (χ4n) is 1.21. The lowest BCUT2D eigenvalue weighted by Gasteiger charge is -1.97. The van der Waals surface area contributed by atoms with E-state index in [-0.39, 0.29) is 0 Å². The zero-order valence-electron chi connectivity index (χ0n) is 6.82. The van der Waals surface area contributed by atoms with Crippen LogP contribution in [0.1, 0.15) is 10.4 Å². The van der Waals surface area contributed by atoms with Gasteiger partial charge in [-0.15, -0.1) is 0 Å². The summed E-state index contributed by atoms with van der Waals surface area (Å²) in [5, 5.41) is 0.979. The number of benzene rings is 1. The minimum atomic E-state index is -0.674. The lowest BCUT2D eigenvalue weighted by Crippen LogP contribution is -1.98. The standard InChI is InChI=1S/C10H7N2O/c11-10(13)8-4-3-7-2-1-5-12-9(7)6-8/h1-6,11H. The van der Waals surface area contributed by atoms with Gasteiger partial charge >= 0.3 is 0 Å². The number of hydrogen-bond donors (Lipinski definition) is 0. The van der Waals surface area contributed by atoms with E-state index in [1.807, 2.05) is 12.1 Å². The number of carbonyl (C=O) groups is 1. The van der Waals surface area contributed by atoms with Gasteiger partial charge in [0.1, 0.15) is 0 Å². The molecule has 1 N–H and O–H groups in total. The van der Waals surface area contributed by atoms with Crippen LogP contribution >= 0.6 is 0 Å². The molecule has 0 aliphatic carbocycles. The molecule has 13 heavy (non-hydrogen) atoms. The number of fused-ring (bicyclic) bond motifs is 1. The molecule has 0 aliphatic heterocycles. The van der Waals surface area contributed by atoms with Crippen LogP contribution in [0.25, 0.3) is 10.9 Å². The summed E-state index contributed by atoms with van der Waals surface area (Å²) in [4.78, 5) is 14.8. The van der Waals surface area contributed by atoms with Gasteiger partial charge in [-0.05, 0) is 18.2 Å². The molecule has 0 spiro atoms. The highest BCUT2D eigenvalue weighted by molar-refractivity contribution is 5.96. The molecule has 0 atom stereocenters. The molecular weight excluding hydrogens is 164 g/mol. The molecule has 1 heterocycles. The number of carbonyl (C=O) groups excluding carboxylic acids is 1. The smallest absolute Gasteiger partial charge is 0.267 e. The number of rotatable bonds is 1. The third-order valence-corrected chi connectivity index (χ3v) is 1.87. The molecular formula is C10H7N2O. The Morgan fingerprint density at radius 1 is 1.31 bits per heavy atom. The number of nitrogens with zero attached hydrogens (tertiary/aromatic N) is 1. The van der Waals surface area contributed by atoms with Crippen LogP contribution in [0, 0.1) is 0 Å². The predicted molar refractivity (Wildman–Crippen MR) is 49.2 cm³/mol. The van der Waals surface area contributed by atoms with Crippen molar-refractivity contribution in [2.45, 2.75) is 0 Å². The predicted octanol–water partition coefficient (Wildman–Crippen LogP) is 1.66. The Bertz CT molecular complexity index is 465. The summed E-state index contributed by atoms with van der Waals surface area (Å²) in [6.45, 7) is 0. The van der Waals surface area contributed by atoms with Crippen LogP contribution in [-0.4, -0.2) is 10.9 Å². The maximum Gasteiger partial charge on any atom is 0.269 e. The largest absolute Gasteiger partial charge is 0.269 e. The maximum atomic E-state index is 10.7. The van der Waals surface area contributed by atoms with Crippen molar-refractivity contribution in [3.63, 3.8) is 0 Å². The van der Waals surface area contributed by atoms with Gasteiger partial charge in [-0.25, -0.2) is 0 Å². The molecule has 3 heteroatoms. The number of nitrogens with one attached hydrogen (secondary N) is 1. The minimum Gasteiger partial charge on any atom is -0.267 e. The quantitative estimate of drug-likeness (QED) is 0.655. The molecule has 2 aromatic rings. The Kier molecular flexibility index (Phi) is 1.70. The Balaban J connectivity index is 2.69. The van der Waals surface area contributed by atoms with Gasteiger partial charge in [0.2, 0.25) is 0 Å². The molecule has 1 aromatic carbocycles.